The number of hydrogen-bond donors (Lipinski definition) is 0. The number of hydrogen-bond acceptors (Lipinski definition) is 3. The molecule has 0 aliphatic carbocycles. The number of nitrogens with zero attached hydrogens (tertiary/aromatic N) is 1. The second-order valence-electron chi connectivity index (χ2n) is 2.38. The van der Waals surface area contributed by atoms with E-state index in [0.29, 0.717) is 13.0 Å². The molecule has 0 radical (unpaired) electrons. The molecule has 0 aromatic heterocycles. The van der Waals surface area contributed by atoms with Crippen LogP contribution in [0.4, 0.5) is 0 Å². The Morgan fingerprint density at radius 2 is 2.10 bits per heavy atom. The van der Waals surface area contributed by atoms with Crippen LogP contribution < -0.4 is 0 Å². The van der Waals surface area contributed by atoms with Crippen LogP contribution in [0.3, 0.4) is 0 Å². The summed E-state index contributed by atoms with van der Waals surface area (Å²) in [5, 5.41) is 0. The van der Waals surface area contributed by atoms with Gasteiger partial charge in [-0.25, -0.2) is 0 Å². The number of esters is 1. The summed E-state index contributed by atoms with van der Waals surface area (Å²) in [4.78, 5) is 12.5. The number of likely N-dealkylation sites (N-methyl/N-ethyl adjacent to an activating group) is 1. The molecule has 0 aliphatic heterocycles. The summed E-state index contributed by atoms with van der Waals surface area (Å²) >= 11 is 0. The number of ether oxygens (including phenoxy) is 1. The van der Waals surface area contributed by atoms with Crippen molar-refractivity contribution >= 4 is 5.97 Å². The lowest BCUT2D eigenvalue weighted by atomic mass is 10.5. The lowest BCUT2D eigenvalue weighted by molar-refractivity contribution is -0.143. The Kier molecular flexibility index (Phi) is 4.94. The fraction of sp³-hybridized carbons (Fsp3) is 0.857. The van der Waals surface area contributed by atoms with E-state index in [0.717, 1.165) is 6.54 Å². The highest BCUT2D eigenvalue weighted by Crippen LogP contribution is 1.84. The van der Waals surface area contributed by atoms with Gasteiger partial charge in [0.1, 0.15) is 6.61 Å². The minimum Gasteiger partial charge on any atom is -0.464 e. The van der Waals surface area contributed by atoms with Crippen LogP contribution in [0.25, 0.3) is 0 Å². The molecular weight excluding hydrogens is 130 g/mol. The van der Waals surface area contributed by atoms with Crippen LogP contribution in [-0.2, 0) is 9.53 Å². The van der Waals surface area contributed by atoms with Crippen molar-refractivity contribution in [1.82, 2.24) is 4.90 Å². The van der Waals surface area contributed by atoms with Gasteiger partial charge in [0.25, 0.3) is 0 Å². The number of carbonyl (C=O) groups excluding carboxylic acids is 1. The summed E-state index contributed by atoms with van der Waals surface area (Å²) < 4.78 is 4.82. The van der Waals surface area contributed by atoms with Gasteiger partial charge in [0.15, 0.2) is 0 Å². The molecule has 0 heterocycles. The Labute approximate surface area is 62.0 Å². The molecule has 60 valence electrons. The molecule has 0 unspecified atom stereocenters. The van der Waals surface area contributed by atoms with Crippen LogP contribution in [0.2, 0.25) is 0 Å². The Morgan fingerprint density at radius 1 is 1.50 bits per heavy atom. The lowest BCUT2D eigenvalue weighted by Gasteiger charge is -2.08. The minimum absolute atomic E-state index is 0.123. The maximum atomic E-state index is 10.6. The van der Waals surface area contributed by atoms with Crippen LogP contribution in [-0.4, -0.2) is 38.1 Å². The van der Waals surface area contributed by atoms with Crippen molar-refractivity contribution in [2.45, 2.75) is 13.3 Å². The number of carbonyl (C=O) groups is 1. The van der Waals surface area contributed by atoms with Gasteiger partial charge in [-0.3, -0.25) is 4.79 Å². The second kappa shape index (κ2) is 5.23. The Bertz CT molecular complexity index is 102. The Balaban J connectivity index is 3.12. The fourth-order valence-corrected chi connectivity index (χ4v) is 0.444. The summed E-state index contributed by atoms with van der Waals surface area (Å²) in [5.74, 6) is -0.123. The van der Waals surface area contributed by atoms with Crippen LogP contribution in [0, 0.1) is 0 Å². The van der Waals surface area contributed by atoms with E-state index < -0.39 is 0 Å². The molecule has 10 heavy (non-hydrogen) atoms. The second-order valence-corrected chi connectivity index (χ2v) is 2.38. The summed E-state index contributed by atoms with van der Waals surface area (Å²) in [6, 6.07) is 0. The smallest absolute Gasteiger partial charge is 0.305 e. The van der Waals surface area contributed by atoms with Gasteiger partial charge < -0.3 is 9.64 Å². The van der Waals surface area contributed by atoms with E-state index in [-0.39, 0.29) is 5.97 Å². The van der Waals surface area contributed by atoms with Gasteiger partial charge in [-0.1, -0.05) is 6.92 Å². The lowest BCUT2D eigenvalue weighted by Crippen LogP contribution is -2.19. The highest BCUT2D eigenvalue weighted by atomic mass is 16.5. The first kappa shape index (κ1) is 9.43. The summed E-state index contributed by atoms with van der Waals surface area (Å²) in [5.41, 5.74) is 0. The fourth-order valence-electron chi connectivity index (χ4n) is 0.444. The SMILES string of the molecule is CCC(=O)OCCN(C)C. The summed E-state index contributed by atoms with van der Waals surface area (Å²) in [6.07, 6.45) is 0.466. The zero-order chi connectivity index (χ0) is 7.98. The van der Waals surface area contributed by atoms with Gasteiger partial charge in [0, 0.05) is 13.0 Å². The molecule has 0 bridgehead atoms. The van der Waals surface area contributed by atoms with Crippen LogP contribution in [0.5, 0.6) is 0 Å². The molecule has 3 nitrogen and oxygen atoms in total. The molecule has 0 spiro atoms. The van der Waals surface area contributed by atoms with Crippen molar-refractivity contribution in [2.75, 3.05) is 27.2 Å². The zero-order valence-corrected chi connectivity index (χ0v) is 6.89. The van der Waals surface area contributed by atoms with Crippen LogP contribution in [0.1, 0.15) is 13.3 Å². The molecule has 0 saturated heterocycles. The van der Waals surface area contributed by atoms with Gasteiger partial charge in [0.05, 0.1) is 0 Å². The van der Waals surface area contributed by atoms with Gasteiger partial charge in [0.2, 0.25) is 0 Å². The Hall–Kier alpha value is -0.570. The predicted molar refractivity (Wildman–Crippen MR) is 39.8 cm³/mol. The first-order chi connectivity index (χ1) is 4.66. The van der Waals surface area contributed by atoms with Gasteiger partial charge in [-0.05, 0) is 14.1 Å². The largest absolute Gasteiger partial charge is 0.464 e. The molecule has 3 heteroatoms. The maximum Gasteiger partial charge on any atom is 0.305 e. The molecule has 0 aromatic carbocycles. The topological polar surface area (TPSA) is 29.5 Å². The van der Waals surface area contributed by atoms with E-state index in [9.17, 15) is 4.79 Å². The van der Waals surface area contributed by atoms with Crippen molar-refractivity contribution in [1.29, 1.82) is 0 Å². The van der Waals surface area contributed by atoms with E-state index >= 15 is 0 Å². The zero-order valence-electron chi connectivity index (χ0n) is 6.89. The van der Waals surface area contributed by atoms with E-state index in [1.165, 1.54) is 0 Å². The first-order valence-electron chi connectivity index (χ1n) is 3.47. The number of rotatable bonds is 4. The molecule has 0 N–H and O–H groups in total. The molecule has 0 amide bonds. The van der Waals surface area contributed by atoms with Crippen molar-refractivity contribution in [3.63, 3.8) is 0 Å². The molecule has 0 atom stereocenters. The average molecular weight is 145 g/mol. The Morgan fingerprint density at radius 3 is 2.50 bits per heavy atom. The minimum atomic E-state index is -0.123. The first-order valence-corrected chi connectivity index (χ1v) is 3.47. The molecule has 0 fully saturated rings. The quantitative estimate of drug-likeness (QED) is 0.539. The molecule has 0 aliphatic rings. The third kappa shape index (κ3) is 5.56. The van der Waals surface area contributed by atoms with Gasteiger partial charge in [-0.2, -0.15) is 0 Å². The molecule has 0 aromatic rings. The summed E-state index contributed by atoms with van der Waals surface area (Å²) in [7, 11) is 3.89. The maximum absolute atomic E-state index is 10.6. The standard InChI is InChI=1S/C7H15NO2/c1-4-7(9)10-6-5-8(2)3/h4-6H2,1-3H3. The molecule has 0 rings (SSSR count). The highest BCUT2D eigenvalue weighted by molar-refractivity contribution is 5.68. The van der Waals surface area contributed by atoms with Crippen LogP contribution in [0.15, 0.2) is 0 Å². The molecular formula is C7H15NO2. The predicted octanol–water partition coefficient (Wildman–Crippen LogP) is 0.501. The average Bonchev–Trinajstić information content (AvgIpc) is 1.87. The van der Waals surface area contributed by atoms with Crippen molar-refractivity contribution in [2.24, 2.45) is 0 Å². The van der Waals surface area contributed by atoms with E-state index in [1.807, 2.05) is 19.0 Å². The van der Waals surface area contributed by atoms with Crippen LogP contribution >= 0.6 is 0 Å². The van der Waals surface area contributed by atoms with Gasteiger partial charge >= 0.3 is 5.97 Å². The van der Waals surface area contributed by atoms with E-state index in [4.69, 9.17) is 4.74 Å². The van der Waals surface area contributed by atoms with Crippen molar-refractivity contribution in [3.8, 4) is 0 Å². The normalized spacial score (nSPS) is 10.0. The monoisotopic (exact) mass is 145 g/mol. The third-order valence-electron chi connectivity index (χ3n) is 1.09. The highest BCUT2D eigenvalue weighted by Gasteiger charge is 1.96. The van der Waals surface area contributed by atoms with Crippen molar-refractivity contribution in [3.05, 3.63) is 0 Å². The third-order valence-corrected chi connectivity index (χ3v) is 1.09. The van der Waals surface area contributed by atoms with E-state index in [2.05, 4.69) is 0 Å². The van der Waals surface area contributed by atoms with E-state index in [1.54, 1.807) is 6.92 Å². The van der Waals surface area contributed by atoms with Gasteiger partial charge in [-0.15, -0.1) is 0 Å². The summed E-state index contributed by atoms with van der Waals surface area (Å²) in [6.45, 7) is 3.09. The van der Waals surface area contributed by atoms with Crippen molar-refractivity contribution < 1.29 is 9.53 Å². The molecule has 0 saturated carbocycles.